The largest absolute Gasteiger partial charge is 0.341 e. The van der Waals surface area contributed by atoms with Crippen molar-refractivity contribution in [2.75, 3.05) is 0 Å². The van der Waals surface area contributed by atoms with Crippen LogP contribution in [0, 0.1) is 13.8 Å². The lowest BCUT2D eigenvalue weighted by atomic mass is 10.1. The van der Waals surface area contributed by atoms with Gasteiger partial charge in [0.2, 0.25) is 0 Å². The van der Waals surface area contributed by atoms with Gasteiger partial charge in [-0.2, -0.15) is 5.10 Å². The number of nitrogens with one attached hydrogen (secondary N) is 1. The van der Waals surface area contributed by atoms with Gasteiger partial charge in [0.1, 0.15) is 5.01 Å². The summed E-state index contributed by atoms with van der Waals surface area (Å²) >= 11 is 1.62. The topological polar surface area (TPSA) is 59.8 Å². The van der Waals surface area contributed by atoms with E-state index in [0.29, 0.717) is 5.56 Å². The Hall–Kier alpha value is -1.69. The first-order valence-electron chi connectivity index (χ1n) is 7.33. The summed E-state index contributed by atoms with van der Waals surface area (Å²) in [5.74, 6) is -0.133. The minimum atomic E-state index is -0.509. The maximum Gasteiger partial charge on any atom is 0.255 e. The van der Waals surface area contributed by atoms with Gasteiger partial charge < -0.3 is 5.32 Å². The molecular formula is C16H24N4OS. The Kier molecular flexibility index (Phi) is 4.17. The van der Waals surface area contributed by atoms with Crippen LogP contribution in [0.15, 0.2) is 12.4 Å². The third kappa shape index (κ3) is 3.38. The summed E-state index contributed by atoms with van der Waals surface area (Å²) in [6.07, 6.45) is 3.39. The molecular weight excluding hydrogens is 296 g/mol. The highest BCUT2D eigenvalue weighted by atomic mass is 32.1. The van der Waals surface area contributed by atoms with Crippen LogP contribution >= 0.6 is 11.3 Å². The number of rotatable bonds is 3. The monoisotopic (exact) mass is 320 g/mol. The van der Waals surface area contributed by atoms with Crippen molar-refractivity contribution in [1.29, 1.82) is 0 Å². The summed E-state index contributed by atoms with van der Waals surface area (Å²) in [6.45, 7) is 14.1. The van der Waals surface area contributed by atoms with Crippen LogP contribution in [0.25, 0.3) is 0 Å². The molecule has 1 N–H and O–H groups in total. The second kappa shape index (κ2) is 5.50. The Labute approximate surface area is 135 Å². The smallest absolute Gasteiger partial charge is 0.255 e. The first-order valence-corrected chi connectivity index (χ1v) is 8.14. The maximum atomic E-state index is 12.5. The molecule has 0 saturated heterocycles. The highest BCUT2D eigenvalue weighted by molar-refractivity contribution is 7.11. The maximum absolute atomic E-state index is 12.5. The van der Waals surface area contributed by atoms with Gasteiger partial charge in [-0.3, -0.25) is 9.48 Å². The van der Waals surface area contributed by atoms with E-state index in [9.17, 15) is 4.79 Å². The number of amides is 1. The van der Waals surface area contributed by atoms with E-state index in [1.165, 1.54) is 4.88 Å². The van der Waals surface area contributed by atoms with Gasteiger partial charge in [-0.25, -0.2) is 4.98 Å². The lowest BCUT2D eigenvalue weighted by Crippen LogP contribution is -2.40. The highest BCUT2D eigenvalue weighted by Gasteiger charge is 2.28. The number of aryl methyl sites for hydroxylation is 2. The molecule has 2 aromatic heterocycles. The second-order valence-electron chi connectivity index (χ2n) is 7.08. The lowest BCUT2D eigenvalue weighted by Gasteiger charge is -2.23. The SMILES string of the molecule is Cc1nc(C(C)(C)NC(=O)c2cnn(C(C)(C)C)c2)sc1C. The van der Waals surface area contributed by atoms with Crippen LogP contribution in [-0.2, 0) is 11.1 Å². The number of carbonyl (C=O) groups excluding carboxylic acids is 1. The number of nitrogens with zero attached hydrogens (tertiary/aromatic N) is 3. The zero-order chi connectivity index (χ0) is 16.7. The Balaban J connectivity index is 2.18. The molecule has 0 saturated carbocycles. The number of hydrogen-bond acceptors (Lipinski definition) is 4. The fraction of sp³-hybridized carbons (Fsp3) is 0.562. The minimum Gasteiger partial charge on any atom is -0.341 e. The zero-order valence-electron chi connectivity index (χ0n) is 14.3. The van der Waals surface area contributed by atoms with E-state index < -0.39 is 5.54 Å². The van der Waals surface area contributed by atoms with E-state index in [-0.39, 0.29) is 11.4 Å². The van der Waals surface area contributed by atoms with Gasteiger partial charge in [-0.15, -0.1) is 11.3 Å². The summed E-state index contributed by atoms with van der Waals surface area (Å²) in [5.41, 5.74) is 0.929. The molecule has 0 aromatic carbocycles. The average molecular weight is 320 g/mol. The van der Waals surface area contributed by atoms with Gasteiger partial charge in [0, 0.05) is 11.1 Å². The molecule has 0 unspecified atom stereocenters. The van der Waals surface area contributed by atoms with Crippen molar-refractivity contribution >= 4 is 17.2 Å². The van der Waals surface area contributed by atoms with Gasteiger partial charge in [0.15, 0.2) is 0 Å². The van der Waals surface area contributed by atoms with Crippen LogP contribution in [0.2, 0.25) is 0 Å². The molecule has 0 radical (unpaired) electrons. The quantitative estimate of drug-likeness (QED) is 0.943. The summed E-state index contributed by atoms with van der Waals surface area (Å²) in [4.78, 5) is 18.2. The van der Waals surface area contributed by atoms with Crippen molar-refractivity contribution in [2.24, 2.45) is 0 Å². The molecule has 0 spiro atoms. The van der Waals surface area contributed by atoms with Crippen molar-refractivity contribution in [3.8, 4) is 0 Å². The summed E-state index contributed by atoms with van der Waals surface area (Å²) < 4.78 is 1.80. The molecule has 0 aliphatic heterocycles. The van der Waals surface area contributed by atoms with Crippen molar-refractivity contribution in [3.63, 3.8) is 0 Å². The highest BCUT2D eigenvalue weighted by Crippen LogP contribution is 2.27. The van der Waals surface area contributed by atoms with Crippen LogP contribution in [0.1, 0.15) is 60.6 Å². The van der Waals surface area contributed by atoms with Crippen LogP contribution in [-0.4, -0.2) is 20.7 Å². The molecule has 2 rings (SSSR count). The van der Waals surface area contributed by atoms with E-state index in [1.54, 1.807) is 28.4 Å². The van der Waals surface area contributed by atoms with E-state index in [0.717, 1.165) is 10.7 Å². The molecule has 0 bridgehead atoms. The lowest BCUT2D eigenvalue weighted by molar-refractivity contribution is 0.0911. The standard InChI is InChI=1S/C16H24N4OS/c1-10-11(2)22-14(18-10)16(6,7)19-13(21)12-8-17-20(9-12)15(3,4)5/h8-9H,1-7H3,(H,19,21). The van der Waals surface area contributed by atoms with Gasteiger partial charge in [-0.05, 0) is 48.5 Å². The Morgan fingerprint density at radius 1 is 1.23 bits per heavy atom. The minimum absolute atomic E-state index is 0.133. The molecule has 0 fully saturated rings. The van der Waals surface area contributed by atoms with Crippen molar-refractivity contribution in [1.82, 2.24) is 20.1 Å². The van der Waals surface area contributed by atoms with Crippen LogP contribution in [0.5, 0.6) is 0 Å². The van der Waals surface area contributed by atoms with Gasteiger partial charge in [-0.1, -0.05) is 0 Å². The zero-order valence-corrected chi connectivity index (χ0v) is 15.1. The van der Waals surface area contributed by atoms with E-state index in [1.807, 2.05) is 48.5 Å². The Morgan fingerprint density at radius 2 is 1.86 bits per heavy atom. The van der Waals surface area contributed by atoms with Gasteiger partial charge >= 0.3 is 0 Å². The van der Waals surface area contributed by atoms with Crippen LogP contribution < -0.4 is 5.32 Å². The number of thiazole rings is 1. The normalized spacial score (nSPS) is 12.5. The summed E-state index contributed by atoms with van der Waals surface area (Å²) in [7, 11) is 0. The second-order valence-corrected chi connectivity index (χ2v) is 8.29. The number of carbonyl (C=O) groups is 1. The number of hydrogen-bond donors (Lipinski definition) is 1. The molecule has 2 aromatic rings. The first kappa shape index (κ1) is 16.7. The predicted molar refractivity (Wildman–Crippen MR) is 89.3 cm³/mol. The predicted octanol–water partition coefficient (Wildman–Crippen LogP) is 3.38. The molecule has 0 aliphatic rings. The number of aromatic nitrogens is 3. The Morgan fingerprint density at radius 3 is 2.32 bits per heavy atom. The van der Waals surface area contributed by atoms with Crippen molar-refractivity contribution in [3.05, 3.63) is 33.5 Å². The molecule has 120 valence electrons. The van der Waals surface area contributed by atoms with E-state index in [4.69, 9.17) is 0 Å². The third-order valence-electron chi connectivity index (χ3n) is 3.52. The molecule has 22 heavy (non-hydrogen) atoms. The molecule has 0 atom stereocenters. The van der Waals surface area contributed by atoms with E-state index in [2.05, 4.69) is 15.4 Å². The summed E-state index contributed by atoms with van der Waals surface area (Å²) in [6, 6.07) is 0. The van der Waals surface area contributed by atoms with Gasteiger partial charge in [0.25, 0.3) is 5.91 Å². The van der Waals surface area contributed by atoms with Crippen LogP contribution in [0.3, 0.4) is 0 Å². The average Bonchev–Trinajstić information content (AvgIpc) is 2.96. The molecule has 1 amide bonds. The fourth-order valence-corrected chi connectivity index (χ4v) is 2.93. The first-order chi connectivity index (χ1) is 10.0. The third-order valence-corrected chi connectivity index (χ3v) is 4.92. The van der Waals surface area contributed by atoms with Crippen molar-refractivity contribution < 1.29 is 4.79 Å². The molecule has 6 heteroatoms. The summed E-state index contributed by atoms with van der Waals surface area (Å²) in [5, 5.41) is 8.24. The fourth-order valence-electron chi connectivity index (χ4n) is 1.96. The molecule has 2 heterocycles. The van der Waals surface area contributed by atoms with Crippen molar-refractivity contribution in [2.45, 2.75) is 59.5 Å². The van der Waals surface area contributed by atoms with E-state index >= 15 is 0 Å². The molecule has 0 aliphatic carbocycles. The van der Waals surface area contributed by atoms with Crippen LogP contribution in [0.4, 0.5) is 0 Å². The van der Waals surface area contributed by atoms with Gasteiger partial charge in [0.05, 0.1) is 28.5 Å². The Bertz CT molecular complexity index is 672. The molecule has 5 nitrogen and oxygen atoms in total.